The van der Waals surface area contributed by atoms with Crippen molar-refractivity contribution in [3.8, 4) is 28.4 Å². The number of carbonyl (C=O) groups is 1. The molecule has 0 bridgehead atoms. The fourth-order valence-electron chi connectivity index (χ4n) is 2.70. The molecule has 2 aromatic carbocycles. The van der Waals surface area contributed by atoms with Crippen molar-refractivity contribution in [3.05, 3.63) is 66.2 Å². The van der Waals surface area contributed by atoms with E-state index in [0.717, 1.165) is 5.56 Å². The Balaban J connectivity index is 1.95. The highest BCUT2D eigenvalue weighted by atomic mass is 16.4. The van der Waals surface area contributed by atoms with Crippen LogP contribution < -0.4 is 0 Å². The standard InChI is InChI=1S/C19H13N3O3/c23-13-8-4-7-12(9-13)15-10-14(19(24)25)16-18(20-15)22-17(21-16)11-5-2-1-3-6-11/h1-10,23H,(H,24,25)(H,20,21,22). The summed E-state index contributed by atoms with van der Waals surface area (Å²) in [6.07, 6.45) is 0. The molecule has 122 valence electrons. The lowest BCUT2D eigenvalue weighted by Crippen LogP contribution is -2.00. The number of carboxylic acids is 1. The molecule has 2 aromatic heterocycles. The number of phenolic OH excluding ortho intramolecular Hbond substituents is 1. The Bertz CT molecular complexity index is 1090. The number of rotatable bonds is 3. The highest BCUT2D eigenvalue weighted by Crippen LogP contribution is 2.28. The number of aromatic nitrogens is 3. The summed E-state index contributed by atoms with van der Waals surface area (Å²) in [5, 5.41) is 19.2. The van der Waals surface area contributed by atoms with Gasteiger partial charge in [0.05, 0.1) is 16.8 Å². The third-order valence-corrected chi connectivity index (χ3v) is 3.88. The van der Waals surface area contributed by atoms with Gasteiger partial charge in [-0.05, 0) is 18.2 Å². The summed E-state index contributed by atoms with van der Waals surface area (Å²) in [7, 11) is 0. The zero-order valence-electron chi connectivity index (χ0n) is 13.0. The minimum atomic E-state index is -1.07. The van der Waals surface area contributed by atoms with Gasteiger partial charge in [-0.1, -0.05) is 42.5 Å². The summed E-state index contributed by atoms with van der Waals surface area (Å²) in [6, 6.07) is 17.4. The van der Waals surface area contributed by atoms with Gasteiger partial charge in [-0.25, -0.2) is 14.8 Å². The Morgan fingerprint density at radius 3 is 2.40 bits per heavy atom. The Morgan fingerprint density at radius 1 is 0.920 bits per heavy atom. The molecule has 0 aliphatic carbocycles. The average molecular weight is 331 g/mol. The lowest BCUT2D eigenvalue weighted by atomic mass is 10.1. The second kappa shape index (κ2) is 5.76. The predicted octanol–water partition coefficient (Wildman–Crippen LogP) is 3.70. The van der Waals surface area contributed by atoms with E-state index in [2.05, 4.69) is 15.0 Å². The minimum absolute atomic E-state index is 0.0815. The molecule has 6 nitrogen and oxygen atoms in total. The molecule has 0 fully saturated rings. The number of hydrogen-bond acceptors (Lipinski definition) is 4. The van der Waals surface area contributed by atoms with Crippen molar-refractivity contribution < 1.29 is 15.0 Å². The van der Waals surface area contributed by atoms with Gasteiger partial charge in [0.25, 0.3) is 0 Å². The van der Waals surface area contributed by atoms with Gasteiger partial charge in [-0.2, -0.15) is 0 Å². The lowest BCUT2D eigenvalue weighted by Gasteiger charge is -2.04. The van der Waals surface area contributed by atoms with Crippen molar-refractivity contribution in [1.82, 2.24) is 15.0 Å². The topological polar surface area (TPSA) is 99.1 Å². The summed E-state index contributed by atoms with van der Waals surface area (Å²) in [5.41, 5.74) is 2.67. The summed E-state index contributed by atoms with van der Waals surface area (Å²) in [6.45, 7) is 0. The van der Waals surface area contributed by atoms with Crippen LogP contribution in [0.25, 0.3) is 33.8 Å². The first-order valence-corrected chi connectivity index (χ1v) is 7.61. The van der Waals surface area contributed by atoms with Gasteiger partial charge in [0, 0.05) is 11.1 Å². The van der Waals surface area contributed by atoms with Crippen LogP contribution in [0.2, 0.25) is 0 Å². The molecule has 0 saturated carbocycles. The van der Waals surface area contributed by atoms with E-state index in [-0.39, 0.29) is 11.3 Å². The molecule has 0 spiro atoms. The van der Waals surface area contributed by atoms with Crippen LogP contribution in [0.4, 0.5) is 0 Å². The van der Waals surface area contributed by atoms with Crippen molar-refractivity contribution in [3.63, 3.8) is 0 Å². The number of phenols is 1. The van der Waals surface area contributed by atoms with E-state index in [0.29, 0.717) is 28.2 Å². The molecule has 0 unspecified atom stereocenters. The van der Waals surface area contributed by atoms with Gasteiger partial charge in [-0.15, -0.1) is 0 Å². The minimum Gasteiger partial charge on any atom is -0.508 e. The Labute approximate surface area is 142 Å². The Hall–Kier alpha value is -3.67. The number of H-pyrrole nitrogens is 1. The second-order valence-corrected chi connectivity index (χ2v) is 5.56. The third-order valence-electron chi connectivity index (χ3n) is 3.88. The summed E-state index contributed by atoms with van der Waals surface area (Å²) >= 11 is 0. The summed E-state index contributed by atoms with van der Waals surface area (Å²) < 4.78 is 0. The third kappa shape index (κ3) is 2.70. The maximum absolute atomic E-state index is 11.7. The van der Waals surface area contributed by atoms with E-state index < -0.39 is 5.97 Å². The number of aromatic hydroxyl groups is 1. The molecular formula is C19H13N3O3. The normalized spacial score (nSPS) is 10.9. The molecule has 0 amide bonds. The first-order chi connectivity index (χ1) is 12.1. The molecular weight excluding hydrogens is 318 g/mol. The van der Waals surface area contributed by atoms with Crippen molar-refractivity contribution in [2.75, 3.05) is 0 Å². The monoisotopic (exact) mass is 331 g/mol. The van der Waals surface area contributed by atoms with Crippen molar-refractivity contribution in [2.24, 2.45) is 0 Å². The average Bonchev–Trinajstić information content (AvgIpc) is 3.05. The Kier molecular flexibility index (Phi) is 3.43. The molecule has 6 heteroatoms. The number of aromatic amines is 1. The number of benzene rings is 2. The number of imidazole rings is 1. The second-order valence-electron chi connectivity index (χ2n) is 5.56. The maximum Gasteiger partial charge on any atom is 0.338 e. The molecule has 0 saturated heterocycles. The van der Waals surface area contributed by atoms with Gasteiger partial charge in [0.2, 0.25) is 0 Å². The SMILES string of the molecule is O=C(O)c1cc(-c2cccc(O)c2)nc2nc(-c3ccccc3)[nH]c12. The van der Waals surface area contributed by atoms with Crippen molar-refractivity contribution >= 4 is 17.1 Å². The fourth-order valence-corrected chi connectivity index (χ4v) is 2.70. The van der Waals surface area contributed by atoms with Gasteiger partial charge >= 0.3 is 5.97 Å². The lowest BCUT2D eigenvalue weighted by molar-refractivity contribution is 0.0699. The van der Waals surface area contributed by atoms with E-state index >= 15 is 0 Å². The highest BCUT2D eigenvalue weighted by molar-refractivity contribution is 6.02. The van der Waals surface area contributed by atoms with Crippen LogP contribution in [0.5, 0.6) is 5.75 Å². The number of carboxylic acid groups (broad SMARTS) is 1. The van der Waals surface area contributed by atoms with Gasteiger partial charge < -0.3 is 15.2 Å². The molecule has 2 heterocycles. The fraction of sp³-hybridized carbons (Fsp3) is 0. The summed E-state index contributed by atoms with van der Waals surface area (Å²) in [4.78, 5) is 23.6. The Morgan fingerprint density at radius 2 is 1.68 bits per heavy atom. The van der Waals surface area contributed by atoms with E-state index in [1.54, 1.807) is 18.2 Å². The number of nitrogens with zero attached hydrogens (tertiary/aromatic N) is 2. The van der Waals surface area contributed by atoms with E-state index in [9.17, 15) is 15.0 Å². The van der Waals surface area contributed by atoms with Gasteiger partial charge in [0.1, 0.15) is 11.6 Å². The molecule has 25 heavy (non-hydrogen) atoms. The van der Waals surface area contributed by atoms with E-state index in [1.807, 2.05) is 30.3 Å². The molecule has 0 radical (unpaired) electrons. The van der Waals surface area contributed by atoms with Crippen molar-refractivity contribution in [2.45, 2.75) is 0 Å². The van der Waals surface area contributed by atoms with Crippen molar-refractivity contribution in [1.29, 1.82) is 0 Å². The molecule has 3 N–H and O–H groups in total. The molecule has 0 aliphatic rings. The zero-order chi connectivity index (χ0) is 17.4. The van der Waals surface area contributed by atoms with Crippen LogP contribution >= 0.6 is 0 Å². The van der Waals surface area contributed by atoms with Crippen LogP contribution in [0.15, 0.2) is 60.7 Å². The smallest absolute Gasteiger partial charge is 0.338 e. The molecule has 0 atom stereocenters. The van der Waals surface area contributed by atoms with Crippen LogP contribution in [0.3, 0.4) is 0 Å². The largest absolute Gasteiger partial charge is 0.508 e. The first kappa shape index (κ1) is 14.9. The van der Waals surface area contributed by atoms with Gasteiger partial charge in [-0.3, -0.25) is 0 Å². The number of pyridine rings is 1. The maximum atomic E-state index is 11.7. The number of aromatic carboxylic acids is 1. The van der Waals surface area contributed by atoms with Gasteiger partial charge in [0.15, 0.2) is 5.65 Å². The molecule has 4 aromatic rings. The first-order valence-electron chi connectivity index (χ1n) is 7.61. The van der Waals surface area contributed by atoms with Crippen LogP contribution in [0, 0.1) is 0 Å². The molecule has 0 aliphatic heterocycles. The van der Waals surface area contributed by atoms with E-state index in [4.69, 9.17) is 0 Å². The predicted molar refractivity (Wildman–Crippen MR) is 93.4 cm³/mol. The number of nitrogens with one attached hydrogen (secondary N) is 1. The van der Waals surface area contributed by atoms with E-state index in [1.165, 1.54) is 12.1 Å². The summed E-state index contributed by atoms with van der Waals surface area (Å²) in [5.74, 6) is -0.431. The number of hydrogen-bond donors (Lipinski definition) is 3. The van der Waals surface area contributed by atoms with Crippen LogP contribution in [-0.2, 0) is 0 Å². The van der Waals surface area contributed by atoms with Crippen LogP contribution in [0.1, 0.15) is 10.4 Å². The quantitative estimate of drug-likeness (QED) is 0.531. The molecule has 4 rings (SSSR count). The highest BCUT2D eigenvalue weighted by Gasteiger charge is 2.17. The number of fused-ring (bicyclic) bond motifs is 1. The zero-order valence-corrected chi connectivity index (χ0v) is 13.0. The van der Waals surface area contributed by atoms with Crippen LogP contribution in [-0.4, -0.2) is 31.1 Å².